The molecule has 1 aromatic rings. The molecule has 1 saturated carbocycles. The van der Waals surface area contributed by atoms with E-state index in [1.165, 1.54) is 4.68 Å². The van der Waals surface area contributed by atoms with Gasteiger partial charge in [0, 0.05) is 12.1 Å². The van der Waals surface area contributed by atoms with E-state index >= 15 is 0 Å². The van der Waals surface area contributed by atoms with Gasteiger partial charge in [-0.2, -0.15) is 5.10 Å². The Hall–Kier alpha value is -1.07. The van der Waals surface area contributed by atoms with Crippen LogP contribution in [0.5, 0.6) is 0 Å². The number of nitrogens with zero attached hydrogens (tertiary/aromatic N) is 2. The average molecular weight is 299 g/mol. The van der Waals surface area contributed by atoms with E-state index in [2.05, 4.69) is 15.7 Å². The van der Waals surface area contributed by atoms with Gasteiger partial charge in [0.1, 0.15) is 5.02 Å². The normalized spacial score (nSPS) is 23.1. The Morgan fingerprint density at radius 2 is 1.90 bits per heavy atom. The van der Waals surface area contributed by atoms with Crippen molar-refractivity contribution in [1.82, 2.24) is 15.1 Å². The first-order chi connectivity index (χ1) is 9.52. The zero-order chi connectivity index (χ0) is 14.7. The summed E-state index contributed by atoms with van der Waals surface area (Å²) in [6.07, 6.45) is 6.10. The van der Waals surface area contributed by atoms with Crippen molar-refractivity contribution in [2.75, 3.05) is 12.4 Å². The summed E-state index contributed by atoms with van der Waals surface area (Å²) in [6, 6.07) is 0.990. The maximum Gasteiger partial charge on any atom is 0.287 e. The van der Waals surface area contributed by atoms with E-state index in [-0.39, 0.29) is 16.6 Å². The minimum atomic E-state index is -0.226. The Kier molecular flexibility index (Phi) is 5.05. The highest BCUT2D eigenvalue weighted by atomic mass is 35.5. The van der Waals surface area contributed by atoms with Crippen molar-refractivity contribution in [1.29, 1.82) is 0 Å². The lowest BCUT2D eigenvalue weighted by molar-refractivity contribution is 0.371. The summed E-state index contributed by atoms with van der Waals surface area (Å²) in [4.78, 5) is 12.1. The lowest BCUT2D eigenvalue weighted by atomic mass is 9.91. The first-order valence-electron chi connectivity index (χ1n) is 7.24. The Morgan fingerprint density at radius 3 is 2.45 bits per heavy atom. The zero-order valence-electron chi connectivity index (χ0n) is 12.3. The quantitative estimate of drug-likeness (QED) is 0.896. The predicted octanol–water partition coefficient (Wildman–Crippen LogP) is 2.42. The molecule has 0 unspecified atom stereocenters. The topological polar surface area (TPSA) is 59.0 Å². The fourth-order valence-electron chi connectivity index (χ4n) is 2.66. The maximum atomic E-state index is 12.1. The average Bonchev–Trinajstić information content (AvgIpc) is 2.44. The second kappa shape index (κ2) is 6.59. The van der Waals surface area contributed by atoms with Gasteiger partial charge in [-0.25, -0.2) is 4.68 Å². The number of aromatic nitrogens is 2. The van der Waals surface area contributed by atoms with Crippen LogP contribution in [-0.2, 0) is 0 Å². The summed E-state index contributed by atoms with van der Waals surface area (Å²) in [5.74, 6) is 0. The molecule has 20 heavy (non-hydrogen) atoms. The summed E-state index contributed by atoms with van der Waals surface area (Å²) in [5, 5.41) is 11.1. The smallest absolute Gasteiger partial charge is 0.287 e. The van der Waals surface area contributed by atoms with Gasteiger partial charge in [0.25, 0.3) is 5.56 Å². The number of anilines is 1. The Bertz CT molecular complexity index is 506. The number of hydrogen-bond acceptors (Lipinski definition) is 4. The molecule has 0 aromatic carbocycles. The Morgan fingerprint density at radius 1 is 1.30 bits per heavy atom. The summed E-state index contributed by atoms with van der Waals surface area (Å²) < 4.78 is 1.41. The summed E-state index contributed by atoms with van der Waals surface area (Å²) in [7, 11) is 2.00. The molecular weight excluding hydrogens is 276 g/mol. The van der Waals surface area contributed by atoms with Crippen molar-refractivity contribution >= 4 is 17.3 Å². The van der Waals surface area contributed by atoms with Crippen molar-refractivity contribution in [2.45, 2.75) is 57.7 Å². The molecular formula is C14H23ClN4O. The van der Waals surface area contributed by atoms with Crippen LogP contribution in [0.25, 0.3) is 0 Å². The molecule has 0 aliphatic heterocycles. The maximum absolute atomic E-state index is 12.1. The van der Waals surface area contributed by atoms with Crippen LogP contribution in [0.1, 0.15) is 45.6 Å². The van der Waals surface area contributed by atoms with Crippen LogP contribution in [-0.4, -0.2) is 28.9 Å². The van der Waals surface area contributed by atoms with Gasteiger partial charge < -0.3 is 10.6 Å². The van der Waals surface area contributed by atoms with Gasteiger partial charge in [-0.05, 0) is 46.6 Å². The number of rotatable bonds is 4. The first kappa shape index (κ1) is 15.3. The van der Waals surface area contributed by atoms with Gasteiger partial charge >= 0.3 is 0 Å². The molecule has 0 bridgehead atoms. The summed E-state index contributed by atoms with van der Waals surface area (Å²) >= 11 is 6.17. The Labute approximate surface area is 124 Å². The number of hydrogen-bond donors (Lipinski definition) is 2. The highest BCUT2D eigenvalue weighted by Gasteiger charge is 2.21. The van der Waals surface area contributed by atoms with Crippen LogP contribution in [0.2, 0.25) is 5.02 Å². The van der Waals surface area contributed by atoms with E-state index in [1.54, 1.807) is 6.20 Å². The number of nitrogens with one attached hydrogen (secondary N) is 2. The highest BCUT2D eigenvalue weighted by Crippen LogP contribution is 2.24. The zero-order valence-corrected chi connectivity index (χ0v) is 13.1. The fraction of sp³-hybridized carbons (Fsp3) is 0.714. The molecule has 1 fully saturated rings. The van der Waals surface area contributed by atoms with Crippen LogP contribution >= 0.6 is 11.6 Å². The highest BCUT2D eigenvalue weighted by molar-refractivity contribution is 6.32. The number of halogens is 1. The summed E-state index contributed by atoms with van der Waals surface area (Å²) in [6.45, 7) is 3.83. The predicted molar refractivity (Wildman–Crippen MR) is 82.6 cm³/mol. The third-order valence-corrected chi connectivity index (χ3v) is 4.29. The molecule has 0 amide bonds. The molecule has 2 rings (SSSR count). The fourth-order valence-corrected chi connectivity index (χ4v) is 2.85. The van der Waals surface area contributed by atoms with Gasteiger partial charge in [-0.1, -0.05) is 11.6 Å². The lowest BCUT2D eigenvalue weighted by Crippen LogP contribution is -2.35. The minimum absolute atomic E-state index is 0.0140. The van der Waals surface area contributed by atoms with Gasteiger partial charge in [-0.3, -0.25) is 4.79 Å². The minimum Gasteiger partial charge on any atom is -0.380 e. The molecule has 0 spiro atoms. The third kappa shape index (κ3) is 3.33. The molecule has 0 atom stereocenters. The van der Waals surface area contributed by atoms with E-state index in [0.29, 0.717) is 17.8 Å². The molecule has 0 saturated heterocycles. The van der Waals surface area contributed by atoms with E-state index < -0.39 is 0 Å². The van der Waals surface area contributed by atoms with Gasteiger partial charge in [0.2, 0.25) is 0 Å². The standard InChI is InChI=1S/C14H23ClN4O/c1-9(2)19-14(20)13(15)12(8-17-19)18-11-6-4-10(16-3)5-7-11/h8-11,16,18H,4-7H2,1-3H3. The van der Waals surface area contributed by atoms with E-state index in [4.69, 9.17) is 11.6 Å². The SMILES string of the molecule is CNC1CCC(Nc2cnn(C(C)C)c(=O)c2Cl)CC1. The van der Waals surface area contributed by atoms with Crippen LogP contribution < -0.4 is 16.2 Å². The molecule has 112 valence electrons. The second-order valence-corrected chi connectivity index (χ2v) is 6.08. The molecule has 2 N–H and O–H groups in total. The van der Waals surface area contributed by atoms with Gasteiger partial charge in [-0.15, -0.1) is 0 Å². The second-order valence-electron chi connectivity index (χ2n) is 5.70. The van der Waals surface area contributed by atoms with Crippen molar-refractivity contribution in [3.05, 3.63) is 21.6 Å². The monoisotopic (exact) mass is 298 g/mol. The van der Waals surface area contributed by atoms with Crippen molar-refractivity contribution in [3.63, 3.8) is 0 Å². The van der Waals surface area contributed by atoms with E-state index in [1.807, 2.05) is 20.9 Å². The molecule has 6 heteroatoms. The molecule has 1 aliphatic rings. The third-order valence-electron chi connectivity index (χ3n) is 3.93. The van der Waals surface area contributed by atoms with Crippen LogP contribution in [0, 0.1) is 0 Å². The Balaban J connectivity index is 2.07. The molecule has 5 nitrogen and oxygen atoms in total. The van der Waals surface area contributed by atoms with E-state index in [0.717, 1.165) is 25.7 Å². The first-order valence-corrected chi connectivity index (χ1v) is 7.61. The largest absolute Gasteiger partial charge is 0.380 e. The summed E-state index contributed by atoms with van der Waals surface area (Å²) in [5.41, 5.74) is 0.428. The van der Waals surface area contributed by atoms with Crippen LogP contribution in [0.15, 0.2) is 11.0 Å². The van der Waals surface area contributed by atoms with Crippen molar-refractivity contribution < 1.29 is 0 Å². The molecule has 1 aromatic heterocycles. The van der Waals surface area contributed by atoms with Crippen molar-refractivity contribution in [2.24, 2.45) is 0 Å². The van der Waals surface area contributed by atoms with Crippen LogP contribution in [0.4, 0.5) is 5.69 Å². The van der Waals surface area contributed by atoms with Gasteiger partial charge in [0.05, 0.1) is 17.9 Å². The van der Waals surface area contributed by atoms with E-state index in [9.17, 15) is 4.79 Å². The molecule has 1 aliphatic carbocycles. The lowest BCUT2D eigenvalue weighted by Gasteiger charge is -2.29. The van der Waals surface area contributed by atoms with Crippen LogP contribution in [0.3, 0.4) is 0 Å². The van der Waals surface area contributed by atoms with Crippen molar-refractivity contribution in [3.8, 4) is 0 Å². The molecule has 0 radical (unpaired) electrons. The molecule has 1 heterocycles. The van der Waals surface area contributed by atoms with Gasteiger partial charge in [0.15, 0.2) is 0 Å².